The Balaban J connectivity index is 2.94. The maximum absolute atomic E-state index is 12.6. The molecule has 0 aliphatic rings. The average Bonchev–Trinajstić information content (AvgIpc) is 2.05. The lowest BCUT2D eigenvalue weighted by Crippen LogP contribution is -1.91. The van der Waals surface area contributed by atoms with Crippen LogP contribution in [0, 0.1) is 5.82 Å². The van der Waals surface area contributed by atoms with Crippen molar-refractivity contribution in [1.29, 1.82) is 0 Å². The highest BCUT2D eigenvalue weighted by molar-refractivity contribution is 5.34. The molecule has 1 heterocycles. The summed E-state index contributed by atoms with van der Waals surface area (Å²) >= 11 is 0. The second-order valence-corrected chi connectivity index (χ2v) is 2.33. The molecule has 1 atom stereocenters. The molecule has 1 rings (SSSR count). The molecule has 0 spiro atoms. The third-order valence-corrected chi connectivity index (χ3v) is 1.45. The summed E-state index contributed by atoms with van der Waals surface area (Å²) in [7, 11) is 0. The first-order valence-corrected chi connectivity index (χ1v) is 3.41. The molecule has 4 heteroatoms. The van der Waals surface area contributed by atoms with Crippen molar-refractivity contribution in [3.8, 4) is 0 Å². The van der Waals surface area contributed by atoms with Crippen LogP contribution in [0.4, 0.5) is 4.39 Å². The minimum absolute atomic E-state index is 0.384. The van der Waals surface area contributed by atoms with E-state index >= 15 is 0 Å². The zero-order valence-corrected chi connectivity index (χ0v) is 6.49. The highest BCUT2D eigenvalue weighted by Crippen LogP contribution is 2.14. The molecule has 0 aliphatic carbocycles. The summed E-state index contributed by atoms with van der Waals surface area (Å²) in [4.78, 5) is 16.9. The normalized spacial score (nSPS) is 11.8. The molecule has 62 valence electrons. The van der Waals surface area contributed by atoms with Gasteiger partial charge in [-0.25, -0.2) is 9.18 Å². The van der Waals surface area contributed by atoms with E-state index in [0.29, 0.717) is 5.56 Å². The average molecular weight is 166 g/mol. The van der Waals surface area contributed by atoms with Crippen LogP contribution in [0.3, 0.4) is 0 Å². The molecule has 0 saturated heterocycles. The second-order valence-electron chi connectivity index (χ2n) is 2.33. The smallest absolute Gasteiger partial charge is 0.235 e. The molecule has 1 unspecified atom stereocenters. The second kappa shape index (κ2) is 3.74. The maximum Gasteiger partial charge on any atom is 0.235 e. The predicted molar refractivity (Wildman–Crippen MR) is 40.7 cm³/mol. The van der Waals surface area contributed by atoms with Crippen LogP contribution >= 0.6 is 0 Å². The minimum Gasteiger partial charge on any atom is -0.261 e. The van der Waals surface area contributed by atoms with Gasteiger partial charge in [0.25, 0.3) is 0 Å². The summed E-state index contributed by atoms with van der Waals surface area (Å²) in [5, 5.41) is 0. The fourth-order valence-corrected chi connectivity index (χ4v) is 0.810. The van der Waals surface area contributed by atoms with E-state index in [0.717, 1.165) is 6.20 Å². The number of carbonyl (C=O) groups excluding carboxylic acids is 1. The van der Waals surface area contributed by atoms with Gasteiger partial charge in [0.2, 0.25) is 6.08 Å². The van der Waals surface area contributed by atoms with E-state index in [1.165, 1.54) is 18.3 Å². The molecule has 0 N–H and O–H groups in total. The van der Waals surface area contributed by atoms with Crippen molar-refractivity contribution in [2.24, 2.45) is 4.99 Å². The lowest BCUT2D eigenvalue weighted by atomic mass is 10.1. The SMILES string of the molecule is CC(N=C=O)c1cncc(F)c1. The van der Waals surface area contributed by atoms with Crippen LogP contribution in [0.1, 0.15) is 18.5 Å². The Morgan fingerprint density at radius 1 is 1.67 bits per heavy atom. The van der Waals surface area contributed by atoms with Gasteiger partial charge in [0, 0.05) is 6.20 Å². The molecule has 1 aromatic rings. The molecule has 0 fully saturated rings. The summed E-state index contributed by atoms with van der Waals surface area (Å²) < 4.78 is 12.6. The van der Waals surface area contributed by atoms with E-state index in [1.54, 1.807) is 6.92 Å². The van der Waals surface area contributed by atoms with E-state index in [9.17, 15) is 9.18 Å². The van der Waals surface area contributed by atoms with Gasteiger partial charge in [0.1, 0.15) is 5.82 Å². The molecule has 1 aromatic heterocycles. The van der Waals surface area contributed by atoms with Crippen LogP contribution in [0.5, 0.6) is 0 Å². The summed E-state index contributed by atoms with van der Waals surface area (Å²) in [5.74, 6) is -0.430. The summed E-state index contributed by atoms with van der Waals surface area (Å²) in [6.07, 6.45) is 3.98. The molecule has 3 nitrogen and oxygen atoms in total. The molecule has 12 heavy (non-hydrogen) atoms. The number of nitrogens with zero attached hydrogens (tertiary/aromatic N) is 2. The fraction of sp³-hybridized carbons (Fsp3) is 0.250. The van der Waals surface area contributed by atoms with E-state index in [4.69, 9.17) is 0 Å². The zero-order chi connectivity index (χ0) is 8.97. The monoisotopic (exact) mass is 166 g/mol. The first kappa shape index (κ1) is 8.56. The Morgan fingerprint density at radius 3 is 3.00 bits per heavy atom. The number of rotatable bonds is 2. The van der Waals surface area contributed by atoms with Crippen LogP contribution in [-0.2, 0) is 4.79 Å². The van der Waals surface area contributed by atoms with Gasteiger partial charge in [-0.3, -0.25) is 4.98 Å². The fourth-order valence-electron chi connectivity index (χ4n) is 0.810. The highest BCUT2D eigenvalue weighted by atomic mass is 19.1. The van der Waals surface area contributed by atoms with E-state index in [2.05, 4.69) is 9.98 Å². The van der Waals surface area contributed by atoms with E-state index < -0.39 is 5.82 Å². The molecule has 0 amide bonds. The first-order chi connectivity index (χ1) is 5.74. The predicted octanol–water partition coefficient (Wildman–Crippen LogP) is 1.62. The molecule has 0 bridgehead atoms. The summed E-state index contributed by atoms with van der Waals surface area (Å²) in [6.45, 7) is 1.67. The van der Waals surface area contributed by atoms with Gasteiger partial charge in [-0.05, 0) is 18.6 Å². The van der Waals surface area contributed by atoms with Crippen molar-refractivity contribution < 1.29 is 9.18 Å². The Labute approximate surface area is 69.0 Å². The quantitative estimate of drug-likeness (QED) is 0.494. The standard InChI is InChI=1S/C8H7FN2O/c1-6(11-5-12)7-2-8(9)4-10-3-7/h2-4,6H,1H3. The van der Waals surface area contributed by atoms with Crippen LogP contribution in [0.15, 0.2) is 23.5 Å². The highest BCUT2D eigenvalue weighted by Gasteiger charge is 2.03. The van der Waals surface area contributed by atoms with Crippen molar-refractivity contribution >= 4 is 6.08 Å². The van der Waals surface area contributed by atoms with Gasteiger partial charge in [-0.15, -0.1) is 0 Å². The minimum atomic E-state index is -0.430. The maximum atomic E-state index is 12.6. The third-order valence-electron chi connectivity index (χ3n) is 1.45. The van der Waals surface area contributed by atoms with Crippen LogP contribution in [0.2, 0.25) is 0 Å². The lowest BCUT2D eigenvalue weighted by molar-refractivity contribution is 0.559. The van der Waals surface area contributed by atoms with Crippen LogP contribution in [-0.4, -0.2) is 11.1 Å². The van der Waals surface area contributed by atoms with Crippen molar-refractivity contribution in [2.75, 3.05) is 0 Å². The molecule has 0 aliphatic heterocycles. The number of halogens is 1. The van der Waals surface area contributed by atoms with E-state index in [1.807, 2.05) is 0 Å². The molecular weight excluding hydrogens is 159 g/mol. The Bertz CT molecular complexity index is 321. The number of hydrogen-bond acceptors (Lipinski definition) is 3. The first-order valence-electron chi connectivity index (χ1n) is 3.41. The lowest BCUT2D eigenvalue weighted by Gasteiger charge is -2.01. The molecular formula is C8H7FN2O. The van der Waals surface area contributed by atoms with Crippen molar-refractivity contribution in [3.05, 3.63) is 29.8 Å². The Morgan fingerprint density at radius 2 is 2.42 bits per heavy atom. The number of aromatic nitrogens is 1. The van der Waals surface area contributed by atoms with Crippen LogP contribution < -0.4 is 0 Å². The molecule has 0 saturated carbocycles. The summed E-state index contributed by atoms with van der Waals surface area (Å²) in [6, 6.07) is 0.907. The van der Waals surface area contributed by atoms with Crippen LogP contribution in [0.25, 0.3) is 0 Å². The Kier molecular flexibility index (Phi) is 2.66. The van der Waals surface area contributed by atoms with Gasteiger partial charge in [-0.1, -0.05) is 0 Å². The number of isocyanates is 1. The topological polar surface area (TPSA) is 42.3 Å². The van der Waals surface area contributed by atoms with E-state index in [-0.39, 0.29) is 6.04 Å². The molecule has 0 aromatic carbocycles. The van der Waals surface area contributed by atoms with Gasteiger partial charge in [0.05, 0.1) is 12.2 Å². The zero-order valence-electron chi connectivity index (χ0n) is 6.49. The Hall–Kier alpha value is -1.54. The molecule has 0 radical (unpaired) electrons. The van der Waals surface area contributed by atoms with Gasteiger partial charge in [0.15, 0.2) is 0 Å². The van der Waals surface area contributed by atoms with Crippen molar-refractivity contribution in [1.82, 2.24) is 4.98 Å². The van der Waals surface area contributed by atoms with Gasteiger partial charge >= 0.3 is 0 Å². The summed E-state index contributed by atoms with van der Waals surface area (Å²) in [5.41, 5.74) is 0.568. The number of hydrogen-bond donors (Lipinski definition) is 0. The number of pyridine rings is 1. The number of aliphatic imine (C=N–C) groups is 1. The van der Waals surface area contributed by atoms with Crippen molar-refractivity contribution in [3.63, 3.8) is 0 Å². The third kappa shape index (κ3) is 1.97. The largest absolute Gasteiger partial charge is 0.261 e. The van der Waals surface area contributed by atoms with Gasteiger partial charge < -0.3 is 0 Å². The van der Waals surface area contributed by atoms with Crippen molar-refractivity contribution in [2.45, 2.75) is 13.0 Å². The van der Waals surface area contributed by atoms with Gasteiger partial charge in [-0.2, -0.15) is 4.99 Å².